The molecule has 1 aromatic heterocycles. The molecule has 5 nitrogen and oxygen atoms in total. The minimum atomic E-state index is -0.0322. The predicted octanol–water partition coefficient (Wildman–Crippen LogP) is 1.09. The topological polar surface area (TPSA) is 63.2 Å². The van der Waals surface area contributed by atoms with Crippen LogP contribution in [0, 0.1) is 0 Å². The van der Waals surface area contributed by atoms with Crippen LogP contribution in [-0.2, 0) is 16.1 Å². The SMILES string of the molecule is COCCNC(=O)CNCc1cccc2cccnc12. The van der Waals surface area contributed by atoms with E-state index in [1.54, 1.807) is 13.3 Å². The summed E-state index contributed by atoms with van der Waals surface area (Å²) in [5.74, 6) is -0.0322. The molecule has 0 fully saturated rings. The van der Waals surface area contributed by atoms with E-state index in [1.165, 1.54) is 0 Å². The molecule has 0 spiro atoms. The van der Waals surface area contributed by atoms with Crippen molar-refractivity contribution in [1.82, 2.24) is 15.6 Å². The number of carbonyl (C=O) groups excluding carboxylic acids is 1. The van der Waals surface area contributed by atoms with E-state index in [0.717, 1.165) is 16.5 Å². The second-order valence-corrected chi connectivity index (χ2v) is 4.44. The zero-order chi connectivity index (χ0) is 14.2. The molecule has 1 aromatic carbocycles. The van der Waals surface area contributed by atoms with Gasteiger partial charge < -0.3 is 15.4 Å². The van der Waals surface area contributed by atoms with Gasteiger partial charge in [0.15, 0.2) is 0 Å². The summed E-state index contributed by atoms with van der Waals surface area (Å²) in [6.07, 6.45) is 1.78. The van der Waals surface area contributed by atoms with Gasteiger partial charge in [-0.25, -0.2) is 0 Å². The molecule has 106 valence electrons. The average molecular weight is 273 g/mol. The highest BCUT2D eigenvalue weighted by Gasteiger charge is 2.03. The molecular formula is C15H19N3O2. The van der Waals surface area contributed by atoms with Gasteiger partial charge in [-0.2, -0.15) is 0 Å². The Balaban J connectivity index is 1.85. The number of benzene rings is 1. The molecule has 1 heterocycles. The highest BCUT2D eigenvalue weighted by Crippen LogP contribution is 2.15. The first-order chi connectivity index (χ1) is 9.81. The maximum absolute atomic E-state index is 11.5. The van der Waals surface area contributed by atoms with E-state index in [2.05, 4.69) is 15.6 Å². The molecule has 1 amide bonds. The van der Waals surface area contributed by atoms with Gasteiger partial charge in [-0.3, -0.25) is 9.78 Å². The van der Waals surface area contributed by atoms with Crippen LogP contribution in [0.4, 0.5) is 0 Å². The molecule has 0 aliphatic carbocycles. The maximum Gasteiger partial charge on any atom is 0.234 e. The summed E-state index contributed by atoms with van der Waals surface area (Å²) in [5, 5.41) is 7.00. The lowest BCUT2D eigenvalue weighted by molar-refractivity contribution is -0.120. The van der Waals surface area contributed by atoms with E-state index in [9.17, 15) is 4.79 Å². The monoisotopic (exact) mass is 273 g/mol. The van der Waals surface area contributed by atoms with E-state index < -0.39 is 0 Å². The van der Waals surface area contributed by atoms with Crippen LogP contribution >= 0.6 is 0 Å². The van der Waals surface area contributed by atoms with Crippen LogP contribution in [-0.4, -0.2) is 37.7 Å². The van der Waals surface area contributed by atoms with Crippen molar-refractivity contribution < 1.29 is 9.53 Å². The van der Waals surface area contributed by atoms with Gasteiger partial charge in [-0.05, 0) is 11.6 Å². The number of hydrogen-bond donors (Lipinski definition) is 2. The first-order valence-corrected chi connectivity index (χ1v) is 6.60. The zero-order valence-corrected chi connectivity index (χ0v) is 11.6. The quantitative estimate of drug-likeness (QED) is 0.741. The number of hydrogen-bond acceptors (Lipinski definition) is 4. The number of rotatable bonds is 7. The number of fused-ring (bicyclic) bond motifs is 1. The first kappa shape index (κ1) is 14.4. The van der Waals surface area contributed by atoms with Gasteiger partial charge >= 0.3 is 0 Å². The Morgan fingerprint density at radius 1 is 1.30 bits per heavy atom. The van der Waals surface area contributed by atoms with E-state index in [4.69, 9.17) is 4.74 Å². The Labute approximate surface area is 118 Å². The lowest BCUT2D eigenvalue weighted by atomic mass is 10.1. The van der Waals surface area contributed by atoms with Crippen molar-refractivity contribution in [2.75, 3.05) is 26.8 Å². The molecule has 5 heteroatoms. The predicted molar refractivity (Wildman–Crippen MR) is 78.3 cm³/mol. The van der Waals surface area contributed by atoms with Crippen molar-refractivity contribution in [3.8, 4) is 0 Å². The highest BCUT2D eigenvalue weighted by atomic mass is 16.5. The number of carbonyl (C=O) groups is 1. The molecule has 0 aliphatic heterocycles. The van der Waals surface area contributed by atoms with Crippen molar-refractivity contribution >= 4 is 16.8 Å². The Hall–Kier alpha value is -1.98. The molecule has 20 heavy (non-hydrogen) atoms. The lowest BCUT2D eigenvalue weighted by Crippen LogP contribution is -2.35. The van der Waals surface area contributed by atoms with Gasteiger partial charge in [-0.1, -0.05) is 24.3 Å². The van der Waals surface area contributed by atoms with E-state index in [0.29, 0.717) is 19.7 Å². The molecule has 2 aromatic rings. The fraction of sp³-hybridized carbons (Fsp3) is 0.333. The van der Waals surface area contributed by atoms with Crippen molar-refractivity contribution in [2.24, 2.45) is 0 Å². The molecule has 0 saturated carbocycles. The van der Waals surface area contributed by atoms with Gasteiger partial charge in [0, 0.05) is 31.8 Å². The molecule has 0 atom stereocenters. The van der Waals surface area contributed by atoms with Crippen LogP contribution in [0.25, 0.3) is 10.9 Å². The van der Waals surface area contributed by atoms with Gasteiger partial charge in [0.25, 0.3) is 0 Å². The van der Waals surface area contributed by atoms with Crippen LogP contribution in [0.1, 0.15) is 5.56 Å². The fourth-order valence-electron chi connectivity index (χ4n) is 1.98. The van der Waals surface area contributed by atoms with Crippen LogP contribution in [0.5, 0.6) is 0 Å². The molecule has 0 bridgehead atoms. The lowest BCUT2D eigenvalue weighted by Gasteiger charge is -2.08. The van der Waals surface area contributed by atoms with Crippen LogP contribution in [0.3, 0.4) is 0 Å². The standard InChI is InChI=1S/C15H19N3O2/c1-20-9-8-17-14(19)11-16-10-13-5-2-4-12-6-3-7-18-15(12)13/h2-7,16H,8-11H2,1H3,(H,17,19). The third kappa shape index (κ3) is 4.01. The van der Waals surface area contributed by atoms with Crippen LogP contribution in [0.2, 0.25) is 0 Å². The number of nitrogens with zero attached hydrogens (tertiary/aromatic N) is 1. The normalized spacial score (nSPS) is 10.7. The molecule has 2 N–H and O–H groups in total. The Morgan fingerprint density at radius 3 is 3.00 bits per heavy atom. The summed E-state index contributed by atoms with van der Waals surface area (Å²) in [6, 6.07) is 10.0. The Kier molecular flexibility index (Phi) is 5.46. The largest absolute Gasteiger partial charge is 0.383 e. The molecule has 0 unspecified atom stereocenters. The molecule has 0 radical (unpaired) electrons. The summed E-state index contributed by atoms with van der Waals surface area (Å²) in [4.78, 5) is 15.9. The minimum Gasteiger partial charge on any atom is -0.383 e. The van der Waals surface area contributed by atoms with Crippen molar-refractivity contribution in [1.29, 1.82) is 0 Å². The third-order valence-electron chi connectivity index (χ3n) is 2.95. The zero-order valence-electron chi connectivity index (χ0n) is 11.6. The molecule has 0 aliphatic rings. The molecule has 0 saturated heterocycles. The van der Waals surface area contributed by atoms with Crippen LogP contribution < -0.4 is 10.6 Å². The number of ether oxygens (including phenoxy) is 1. The number of pyridine rings is 1. The first-order valence-electron chi connectivity index (χ1n) is 6.60. The average Bonchev–Trinajstić information content (AvgIpc) is 2.48. The third-order valence-corrected chi connectivity index (χ3v) is 2.95. The summed E-state index contributed by atoms with van der Waals surface area (Å²) in [7, 11) is 1.61. The summed E-state index contributed by atoms with van der Waals surface area (Å²) >= 11 is 0. The second-order valence-electron chi connectivity index (χ2n) is 4.44. The van der Waals surface area contributed by atoms with Gasteiger partial charge in [-0.15, -0.1) is 0 Å². The molecule has 2 rings (SSSR count). The second kappa shape index (κ2) is 7.57. The number of para-hydroxylation sites is 1. The van der Waals surface area contributed by atoms with Crippen molar-refractivity contribution in [2.45, 2.75) is 6.54 Å². The number of methoxy groups -OCH3 is 1. The van der Waals surface area contributed by atoms with E-state index in [-0.39, 0.29) is 12.5 Å². The number of amides is 1. The van der Waals surface area contributed by atoms with Gasteiger partial charge in [0.1, 0.15) is 0 Å². The van der Waals surface area contributed by atoms with Gasteiger partial charge in [0.05, 0.1) is 18.7 Å². The Bertz CT molecular complexity index is 567. The van der Waals surface area contributed by atoms with Crippen LogP contribution in [0.15, 0.2) is 36.5 Å². The van der Waals surface area contributed by atoms with Gasteiger partial charge in [0.2, 0.25) is 5.91 Å². The smallest absolute Gasteiger partial charge is 0.234 e. The summed E-state index contributed by atoms with van der Waals surface area (Å²) in [6.45, 7) is 1.96. The van der Waals surface area contributed by atoms with Crippen molar-refractivity contribution in [3.63, 3.8) is 0 Å². The van der Waals surface area contributed by atoms with E-state index in [1.807, 2.05) is 30.3 Å². The van der Waals surface area contributed by atoms with E-state index >= 15 is 0 Å². The number of aromatic nitrogens is 1. The number of nitrogens with one attached hydrogen (secondary N) is 2. The Morgan fingerprint density at radius 2 is 2.15 bits per heavy atom. The molecular weight excluding hydrogens is 254 g/mol. The summed E-state index contributed by atoms with van der Waals surface area (Å²) < 4.78 is 4.87. The maximum atomic E-state index is 11.5. The fourth-order valence-corrected chi connectivity index (χ4v) is 1.98. The minimum absolute atomic E-state index is 0.0322. The summed E-state index contributed by atoms with van der Waals surface area (Å²) in [5.41, 5.74) is 2.06. The highest BCUT2D eigenvalue weighted by molar-refractivity contribution is 5.81. The van der Waals surface area contributed by atoms with Crippen molar-refractivity contribution in [3.05, 3.63) is 42.1 Å².